The summed E-state index contributed by atoms with van der Waals surface area (Å²) in [4.78, 5) is 27.2. The number of hydrogen-bond donors (Lipinski definition) is 1. The molecule has 3 aromatic heterocycles. The first kappa shape index (κ1) is 23.2. The van der Waals surface area contributed by atoms with Gasteiger partial charge in [0, 0.05) is 29.3 Å². The third-order valence-electron chi connectivity index (χ3n) is 8.55. The summed E-state index contributed by atoms with van der Waals surface area (Å²) < 4.78 is 41.0. The van der Waals surface area contributed by atoms with Crippen molar-refractivity contribution in [3.05, 3.63) is 59.1 Å². The lowest BCUT2D eigenvalue weighted by Crippen LogP contribution is -2.68. The lowest BCUT2D eigenvalue weighted by Gasteiger charge is -2.61. The van der Waals surface area contributed by atoms with E-state index in [1.165, 1.54) is 11.4 Å². The largest absolute Gasteiger partial charge is 0.460 e. The molecule has 1 aliphatic heterocycles. The van der Waals surface area contributed by atoms with Gasteiger partial charge in [0.25, 0.3) is 17.7 Å². The fraction of sp³-hybridized carbons (Fsp3) is 0.393. The molecule has 1 N–H and O–H groups in total. The molecule has 10 heteroatoms. The Morgan fingerprint density at radius 3 is 2.61 bits per heavy atom. The minimum Gasteiger partial charge on any atom is -0.460 e. The van der Waals surface area contributed by atoms with Gasteiger partial charge in [-0.1, -0.05) is 0 Å². The quantitative estimate of drug-likeness (QED) is 0.388. The molecule has 38 heavy (non-hydrogen) atoms. The molecule has 0 spiro atoms. The lowest BCUT2D eigenvalue weighted by molar-refractivity contribution is -0.156. The van der Waals surface area contributed by atoms with Crippen molar-refractivity contribution in [1.82, 2.24) is 19.8 Å². The Morgan fingerprint density at radius 2 is 1.95 bits per heavy atom. The van der Waals surface area contributed by atoms with E-state index in [1.54, 1.807) is 44.4 Å². The van der Waals surface area contributed by atoms with Gasteiger partial charge in [-0.15, -0.1) is 0 Å². The number of carbonyl (C=O) groups excluding carboxylic acids is 2. The highest BCUT2D eigenvalue weighted by atomic mass is 19.3. The fourth-order valence-corrected chi connectivity index (χ4v) is 6.14. The van der Waals surface area contributed by atoms with Gasteiger partial charge in [0.15, 0.2) is 5.75 Å². The molecule has 196 valence electrons. The Morgan fingerprint density at radius 1 is 1.18 bits per heavy atom. The topological polar surface area (TPSA) is 89.1 Å². The number of likely N-dealkylation sites (tertiary alicyclic amines) is 1. The number of aromatic nitrogens is 2. The van der Waals surface area contributed by atoms with Crippen LogP contribution in [0.25, 0.3) is 16.5 Å². The second-order valence-electron chi connectivity index (χ2n) is 11.0. The number of ether oxygens (including phenoxy) is 1. The van der Waals surface area contributed by atoms with Gasteiger partial charge in [-0.3, -0.25) is 9.59 Å². The van der Waals surface area contributed by atoms with Crippen molar-refractivity contribution < 1.29 is 27.5 Å². The van der Waals surface area contributed by atoms with Crippen LogP contribution in [-0.4, -0.2) is 50.4 Å². The molecule has 8 rings (SSSR count). The number of carbonyl (C=O) groups is 2. The molecule has 4 aliphatic rings. The molecular weight excluding hydrogens is 494 g/mol. The van der Waals surface area contributed by atoms with E-state index in [0.29, 0.717) is 50.4 Å². The van der Waals surface area contributed by atoms with Crippen LogP contribution in [0.3, 0.4) is 0 Å². The van der Waals surface area contributed by atoms with Crippen LogP contribution in [0.4, 0.5) is 8.78 Å². The lowest BCUT2D eigenvalue weighted by atomic mass is 9.50. The Hall–Kier alpha value is -3.95. The molecule has 1 saturated heterocycles. The minimum atomic E-state index is -2.88. The smallest absolute Gasteiger partial charge is 0.284 e. The standard InChI is InChI=1S/C28H26F2N4O4/c1-14-20(26(36)33-13-28(29,30)16(33)3)12-34-24(14)21(6-7-31-34)38-18-4-5-19-22(8-18)37-15(2)23(19)25(35)32-27-9-17(10-27)11-27/h4-8,12,16-17H,9-11,13H2,1-3H3,(H,32,35)/t16-,17?,27?/m1/s1. The summed E-state index contributed by atoms with van der Waals surface area (Å²) in [5.74, 6) is -1.22. The average Bonchev–Trinajstić information content (AvgIpc) is 3.34. The molecule has 4 heterocycles. The first-order valence-corrected chi connectivity index (χ1v) is 12.7. The van der Waals surface area contributed by atoms with E-state index in [1.807, 2.05) is 6.07 Å². The Kier molecular flexibility index (Phi) is 4.61. The van der Waals surface area contributed by atoms with Crippen LogP contribution in [0, 0.1) is 19.8 Å². The number of alkyl halides is 2. The van der Waals surface area contributed by atoms with Crippen molar-refractivity contribution >= 4 is 28.3 Å². The molecule has 1 atom stereocenters. The Bertz CT molecular complexity index is 1660. The highest BCUT2D eigenvalue weighted by Crippen LogP contribution is 2.57. The first-order valence-electron chi connectivity index (χ1n) is 12.7. The Labute approximate surface area is 216 Å². The van der Waals surface area contributed by atoms with E-state index in [4.69, 9.17) is 9.15 Å². The van der Waals surface area contributed by atoms with Crippen molar-refractivity contribution in [2.75, 3.05) is 6.54 Å². The number of fused-ring (bicyclic) bond motifs is 2. The maximum absolute atomic E-state index is 13.7. The molecule has 4 aromatic rings. The van der Waals surface area contributed by atoms with Crippen molar-refractivity contribution in [3.63, 3.8) is 0 Å². The number of aryl methyl sites for hydroxylation is 2. The maximum Gasteiger partial charge on any atom is 0.284 e. The first-order chi connectivity index (χ1) is 18.1. The molecule has 1 aromatic carbocycles. The van der Waals surface area contributed by atoms with Gasteiger partial charge >= 0.3 is 0 Å². The van der Waals surface area contributed by atoms with Crippen molar-refractivity contribution in [1.29, 1.82) is 0 Å². The van der Waals surface area contributed by atoms with E-state index in [-0.39, 0.29) is 11.4 Å². The van der Waals surface area contributed by atoms with E-state index >= 15 is 0 Å². The number of benzene rings is 1. The zero-order chi connectivity index (χ0) is 26.6. The predicted octanol–water partition coefficient (Wildman–Crippen LogP) is 5.25. The van der Waals surface area contributed by atoms with Crippen LogP contribution in [-0.2, 0) is 0 Å². The van der Waals surface area contributed by atoms with E-state index in [9.17, 15) is 18.4 Å². The molecule has 2 amide bonds. The van der Waals surface area contributed by atoms with E-state index in [0.717, 1.165) is 30.1 Å². The van der Waals surface area contributed by atoms with Crippen LogP contribution in [0.1, 0.15) is 58.2 Å². The molecule has 8 nitrogen and oxygen atoms in total. The number of furan rings is 1. The summed E-state index contributed by atoms with van der Waals surface area (Å²) in [6, 6.07) is 5.82. The summed E-state index contributed by atoms with van der Waals surface area (Å²) in [5.41, 5.74) is 2.49. The summed E-state index contributed by atoms with van der Waals surface area (Å²) in [5, 5.41) is 8.19. The zero-order valence-electron chi connectivity index (χ0n) is 21.2. The van der Waals surface area contributed by atoms with Gasteiger partial charge < -0.3 is 19.4 Å². The van der Waals surface area contributed by atoms with Crippen LogP contribution >= 0.6 is 0 Å². The van der Waals surface area contributed by atoms with Gasteiger partial charge in [-0.05, 0) is 63.6 Å². The highest BCUT2D eigenvalue weighted by Gasteiger charge is 2.57. The fourth-order valence-electron chi connectivity index (χ4n) is 6.14. The number of hydrogen-bond acceptors (Lipinski definition) is 5. The summed E-state index contributed by atoms with van der Waals surface area (Å²) in [6.45, 7) is 4.27. The van der Waals surface area contributed by atoms with Crippen molar-refractivity contribution in [3.8, 4) is 11.5 Å². The predicted molar refractivity (Wildman–Crippen MR) is 134 cm³/mol. The van der Waals surface area contributed by atoms with Gasteiger partial charge in [-0.25, -0.2) is 13.3 Å². The van der Waals surface area contributed by atoms with Gasteiger partial charge in [0.05, 0.1) is 29.9 Å². The number of rotatable bonds is 5. The second kappa shape index (κ2) is 7.55. The third-order valence-corrected chi connectivity index (χ3v) is 8.55. The van der Waals surface area contributed by atoms with Crippen molar-refractivity contribution in [2.45, 2.75) is 57.5 Å². The van der Waals surface area contributed by atoms with Gasteiger partial charge in [-0.2, -0.15) is 5.10 Å². The minimum absolute atomic E-state index is 0.0303. The third kappa shape index (κ3) is 3.21. The summed E-state index contributed by atoms with van der Waals surface area (Å²) in [7, 11) is 0. The molecule has 3 saturated carbocycles. The average molecular weight is 521 g/mol. The molecule has 3 aliphatic carbocycles. The number of halogens is 2. The monoisotopic (exact) mass is 520 g/mol. The van der Waals surface area contributed by atoms with Crippen LogP contribution in [0.2, 0.25) is 0 Å². The normalized spacial score (nSPS) is 25.0. The van der Waals surface area contributed by atoms with Gasteiger partial charge in [0.2, 0.25) is 0 Å². The van der Waals surface area contributed by atoms with E-state index in [2.05, 4.69) is 10.4 Å². The Balaban J connectivity index is 1.18. The number of nitrogens with zero attached hydrogens (tertiary/aromatic N) is 3. The van der Waals surface area contributed by atoms with Crippen LogP contribution in [0.15, 0.2) is 41.1 Å². The SMILES string of the molecule is Cc1oc2cc(Oc3ccnn4cc(C(=O)N5CC(F)(F)[C@H]5C)c(C)c34)ccc2c1C(=O)NC12CC(C1)C2. The number of nitrogens with one attached hydrogen (secondary N) is 1. The molecule has 0 radical (unpaired) electrons. The summed E-state index contributed by atoms with van der Waals surface area (Å²) in [6.07, 6.45) is 6.25. The second-order valence-corrected chi connectivity index (χ2v) is 11.0. The maximum atomic E-state index is 13.7. The van der Waals surface area contributed by atoms with Crippen molar-refractivity contribution in [2.24, 2.45) is 5.92 Å². The van der Waals surface area contributed by atoms with Gasteiger partial charge in [0.1, 0.15) is 22.6 Å². The van der Waals surface area contributed by atoms with Crippen LogP contribution < -0.4 is 10.1 Å². The molecule has 0 unspecified atom stereocenters. The molecular formula is C28H26F2N4O4. The zero-order valence-corrected chi connectivity index (χ0v) is 21.2. The molecule has 2 bridgehead atoms. The van der Waals surface area contributed by atoms with E-state index < -0.39 is 24.4 Å². The highest BCUT2D eigenvalue weighted by molar-refractivity contribution is 6.08. The van der Waals surface area contributed by atoms with Crippen LogP contribution in [0.5, 0.6) is 11.5 Å². The number of amides is 2. The summed E-state index contributed by atoms with van der Waals surface area (Å²) >= 11 is 0. The molecule has 4 fully saturated rings.